The third-order valence-electron chi connectivity index (χ3n) is 3.76. The van der Waals surface area contributed by atoms with E-state index in [0.717, 1.165) is 0 Å². The van der Waals surface area contributed by atoms with Crippen LogP contribution in [0.15, 0.2) is 18.2 Å². The number of benzene rings is 1. The van der Waals surface area contributed by atoms with E-state index in [0.29, 0.717) is 35.2 Å². The topological polar surface area (TPSA) is 122 Å². The molecule has 10 nitrogen and oxygen atoms in total. The molecule has 27 heavy (non-hydrogen) atoms. The van der Waals surface area contributed by atoms with E-state index in [-0.39, 0.29) is 25.5 Å². The van der Waals surface area contributed by atoms with Crippen molar-refractivity contribution < 1.29 is 33.0 Å². The quantitative estimate of drug-likeness (QED) is 0.231. The molecule has 1 unspecified atom stereocenters. The van der Waals surface area contributed by atoms with Gasteiger partial charge in [0.15, 0.2) is 0 Å². The molecular formula is C16H29N3O7P+. The van der Waals surface area contributed by atoms with Crippen molar-refractivity contribution in [2.24, 2.45) is 0 Å². The second kappa shape index (κ2) is 10.2. The molecule has 0 aromatic heterocycles. The van der Waals surface area contributed by atoms with Crippen molar-refractivity contribution in [2.45, 2.75) is 13.2 Å². The average molecular weight is 406 g/mol. The molecule has 0 heterocycles. The maximum Gasteiger partial charge on any atom is 0.472 e. The molecule has 0 aliphatic rings. The molecule has 0 bridgehead atoms. The van der Waals surface area contributed by atoms with Crippen molar-refractivity contribution in [3.05, 3.63) is 39.4 Å². The summed E-state index contributed by atoms with van der Waals surface area (Å²) in [5.41, 5.74) is 1.14. The van der Waals surface area contributed by atoms with Gasteiger partial charge in [-0.3, -0.25) is 24.1 Å². The zero-order valence-electron chi connectivity index (χ0n) is 16.2. The molecule has 1 rings (SSSR count). The van der Waals surface area contributed by atoms with E-state index in [9.17, 15) is 24.7 Å². The molecule has 0 fully saturated rings. The highest BCUT2D eigenvalue weighted by Crippen LogP contribution is 2.42. The zero-order valence-corrected chi connectivity index (χ0v) is 17.1. The highest BCUT2D eigenvalue weighted by Gasteiger charge is 2.22. The molecule has 0 amide bonds. The first-order chi connectivity index (χ1) is 12.4. The van der Waals surface area contributed by atoms with Crippen LogP contribution in [-0.4, -0.2) is 78.8 Å². The van der Waals surface area contributed by atoms with Crippen LogP contribution in [0.4, 0.5) is 5.69 Å². The van der Waals surface area contributed by atoms with Crippen molar-refractivity contribution in [3.63, 3.8) is 0 Å². The summed E-state index contributed by atoms with van der Waals surface area (Å²) < 4.78 is 22.3. The highest BCUT2D eigenvalue weighted by atomic mass is 31.2. The Bertz CT molecular complexity index is 678. The fraction of sp³-hybridized carbons (Fsp3) is 0.625. The molecule has 0 aliphatic heterocycles. The second-order valence-electron chi connectivity index (χ2n) is 7.25. The number of nitrogens with zero attached hydrogens (tertiary/aromatic N) is 3. The predicted octanol–water partition coefficient (Wildman–Crippen LogP) is 1.36. The number of phosphoric acid groups is 1. The van der Waals surface area contributed by atoms with Gasteiger partial charge < -0.3 is 14.5 Å². The van der Waals surface area contributed by atoms with E-state index in [2.05, 4.69) is 0 Å². The number of hydrogen-bond donors (Lipinski definition) is 2. The lowest BCUT2D eigenvalue weighted by Gasteiger charge is -2.24. The summed E-state index contributed by atoms with van der Waals surface area (Å²) in [6.45, 7) is 1.00. The van der Waals surface area contributed by atoms with E-state index in [1.54, 1.807) is 11.9 Å². The van der Waals surface area contributed by atoms with Crippen LogP contribution in [0.25, 0.3) is 0 Å². The van der Waals surface area contributed by atoms with Gasteiger partial charge in [-0.15, -0.1) is 0 Å². The van der Waals surface area contributed by atoms with E-state index in [4.69, 9.17) is 9.05 Å². The first kappa shape index (κ1) is 23.6. The fourth-order valence-electron chi connectivity index (χ4n) is 2.18. The van der Waals surface area contributed by atoms with Gasteiger partial charge >= 0.3 is 7.82 Å². The van der Waals surface area contributed by atoms with Crippen LogP contribution in [0.2, 0.25) is 0 Å². The van der Waals surface area contributed by atoms with Gasteiger partial charge in [0.05, 0.1) is 39.3 Å². The van der Waals surface area contributed by atoms with Crippen molar-refractivity contribution in [1.82, 2.24) is 4.90 Å². The molecule has 1 aromatic carbocycles. The molecule has 2 N–H and O–H groups in total. The van der Waals surface area contributed by atoms with Crippen molar-refractivity contribution >= 4 is 13.5 Å². The van der Waals surface area contributed by atoms with Crippen molar-refractivity contribution in [1.29, 1.82) is 0 Å². The normalized spacial score (nSPS) is 14.3. The molecular weight excluding hydrogens is 377 g/mol. The Morgan fingerprint density at radius 1 is 1.22 bits per heavy atom. The van der Waals surface area contributed by atoms with Crippen LogP contribution >= 0.6 is 7.82 Å². The van der Waals surface area contributed by atoms with Gasteiger partial charge in [-0.1, -0.05) is 0 Å². The lowest BCUT2D eigenvalue weighted by molar-refractivity contribution is -0.870. The SMILES string of the molecule is CN(CCOP(=O)(O)OCC[N+](C)(C)C)Cc1cc([N+](=O)[O-])ccc1CO. The summed E-state index contributed by atoms with van der Waals surface area (Å²) in [5.74, 6) is 0. The first-order valence-electron chi connectivity index (χ1n) is 8.41. The lowest BCUT2D eigenvalue weighted by atomic mass is 10.1. The van der Waals surface area contributed by atoms with Crippen LogP contribution in [0, 0.1) is 10.1 Å². The van der Waals surface area contributed by atoms with E-state index in [1.807, 2.05) is 21.1 Å². The number of nitro groups is 1. The van der Waals surface area contributed by atoms with Gasteiger partial charge in [0.25, 0.3) is 5.69 Å². The maximum atomic E-state index is 11.8. The van der Waals surface area contributed by atoms with Crippen molar-refractivity contribution in [2.75, 3.05) is 54.5 Å². The van der Waals surface area contributed by atoms with Gasteiger partial charge in [-0.2, -0.15) is 0 Å². The van der Waals surface area contributed by atoms with Gasteiger partial charge in [0.2, 0.25) is 0 Å². The Morgan fingerprint density at radius 2 is 1.85 bits per heavy atom. The molecule has 1 aromatic rings. The minimum Gasteiger partial charge on any atom is -0.392 e. The number of rotatable bonds is 12. The maximum absolute atomic E-state index is 11.8. The number of aliphatic hydroxyl groups excluding tert-OH is 1. The Balaban J connectivity index is 2.51. The lowest BCUT2D eigenvalue weighted by Crippen LogP contribution is -2.37. The Morgan fingerprint density at radius 3 is 2.41 bits per heavy atom. The summed E-state index contributed by atoms with van der Waals surface area (Å²) in [7, 11) is 3.44. The van der Waals surface area contributed by atoms with Gasteiger partial charge in [-0.25, -0.2) is 4.57 Å². The molecule has 0 spiro atoms. The van der Waals surface area contributed by atoms with Crippen LogP contribution in [0.1, 0.15) is 11.1 Å². The van der Waals surface area contributed by atoms with Gasteiger partial charge in [0, 0.05) is 25.2 Å². The van der Waals surface area contributed by atoms with E-state index in [1.165, 1.54) is 18.2 Å². The number of phosphoric ester groups is 1. The second-order valence-corrected chi connectivity index (χ2v) is 8.71. The molecule has 154 valence electrons. The van der Waals surface area contributed by atoms with E-state index < -0.39 is 12.7 Å². The minimum atomic E-state index is -4.12. The summed E-state index contributed by atoms with van der Waals surface area (Å²) >= 11 is 0. The minimum absolute atomic E-state index is 0.0436. The monoisotopic (exact) mass is 406 g/mol. The number of non-ortho nitro benzene ring substituents is 1. The summed E-state index contributed by atoms with van der Waals surface area (Å²) in [4.78, 5) is 21.8. The molecule has 11 heteroatoms. The first-order valence-corrected chi connectivity index (χ1v) is 9.91. The number of nitro benzene ring substituents is 1. The molecule has 0 aliphatic carbocycles. The number of hydrogen-bond acceptors (Lipinski definition) is 7. The Kier molecular flexibility index (Phi) is 8.97. The molecule has 0 saturated carbocycles. The molecule has 0 radical (unpaired) electrons. The average Bonchev–Trinajstić information content (AvgIpc) is 2.52. The number of quaternary nitrogens is 1. The largest absolute Gasteiger partial charge is 0.472 e. The van der Waals surface area contributed by atoms with Crippen LogP contribution < -0.4 is 0 Å². The summed E-state index contributed by atoms with van der Waals surface area (Å²) in [5, 5.41) is 20.3. The standard InChI is InChI=1S/C16H28N3O7P/c1-17(7-9-25-27(23,24)26-10-8-19(2,3)4)12-15-11-16(18(21)22)6-5-14(15)13-20/h5-6,11,20H,7-10,12-13H2,1-4H3/p+1. The highest BCUT2D eigenvalue weighted by molar-refractivity contribution is 7.47. The third kappa shape index (κ3) is 9.39. The van der Waals surface area contributed by atoms with Gasteiger partial charge in [0.1, 0.15) is 13.2 Å². The number of aliphatic hydroxyl groups is 1. The van der Waals surface area contributed by atoms with Gasteiger partial charge in [-0.05, 0) is 24.2 Å². The summed E-state index contributed by atoms with van der Waals surface area (Å²) in [6.07, 6.45) is 0. The van der Waals surface area contributed by atoms with Crippen LogP contribution in [-0.2, 0) is 26.8 Å². The Labute approximate surface area is 159 Å². The predicted molar refractivity (Wildman–Crippen MR) is 100.0 cm³/mol. The number of likely N-dealkylation sites (N-methyl/N-ethyl adjacent to an activating group) is 2. The third-order valence-corrected chi connectivity index (χ3v) is 4.77. The fourth-order valence-corrected chi connectivity index (χ4v) is 2.88. The summed E-state index contributed by atoms with van der Waals surface area (Å²) in [6, 6.07) is 4.27. The smallest absolute Gasteiger partial charge is 0.392 e. The zero-order chi connectivity index (χ0) is 20.7. The molecule has 1 atom stereocenters. The molecule has 0 saturated heterocycles. The van der Waals surface area contributed by atoms with Crippen LogP contribution in [0.5, 0.6) is 0 Å². The van der Waals surface area contributed by atoms with Crippen molar-refractivity contribution in [3.8, 4) is 0 Å². The Hall–Kier alpha value is -1.39. The van der Waals surface area contributed by atoms with E-state index >= 15 is 0 Å². The van der Waals surface area contributed by atoms with Crippen LogP contribution in [0.3, 0.4) is 0 Å².